The molecule has 3 heterocycles. The molecule has 0 aliphatic carbocycles. The van der Waals surface area contributed by atoms with Crippen molar-refractivity contribution in [1.29, 1.82) is 0 Å². The summed E-state index contributed by atoms with van der Waals surface area (Å²) < 4.78 is 7.35. The van der Waals surface area contributed by atoms with Crippen LogP contribution in [0.4, 0.5) is 0 Å². The molecule has 3 rings (SSSR count). The number of aromatic nitrogens is 4. The van der Waals surface area contributed by atoms with Gasteiger partial charge in [-0.2, -0.15) is 9.61 Å². The zero-order chi connectivity index (χ0) is 14.9. The zero-order valence-corrected chi connectivity index (χ0v) is 13.7. The molecule has 0 unspecified atom stereocenters. The van der Waals surface area contributed by atoms with Gasteiger partial charge >= 0.3 is 0 Å². The normalized spacial score (nSPS) is 17.7. The van der Waals surface area contributed by atoms with Gasteiger partial charge in [0.2, 0.25) is 4.96 Å². The predicted molar refractivity (Wildman–Crippen MR) is 82.9 cm³/mol. The maximum Gasteiger partial charge on any atom is 0.234 e. The molecule has 1 aliphatic heterocycles. The Bertz CT molecular complexity index is 594. The van der Waals surface area contributed by atoms with E-state index in [0.717, 1.165) is 54.8 Å². The topological polar surface area (TPSA) is 64.3 Å². The molecule has 7 heteroatoms. The minimum Gasteiger partial charge on any atom is -0.381 e. The molecule has 2 aromatic rings. The average Bonchev–Trinajstić information content (AvgIpc) is 2.98. The fraction of sp³-hybridized carbons (Fsp3) is 0.786. The van der Waals surface area contributed by atoms with Crippen LogP contribution >= 0.6 is 11.3 Å². The fourth-order valence-corrected chi connectivity index (χ4v) is 3.37. The lowest BCUT2D eigenvalue weighted by Crippen LogP contribution is -2.37. The highest BCUT2D eigenvalue weighted by molar-refractivity contribution is 7.16. The van der Waals surface area contributed by atoms with Crippen molar-refractivity contribution in [3.63, 3.8) is 0 Å². The van der Waals surface area contributed by atoms with Gasteiger partial charge in [0.1, 0.15) is 5.01 Å². The van der Waals surface area contributed by atoms with Gasteiger partial charge < -0.3 is 10.1 Å². The number of nitrogens with zero attached hydrogens (tertiary/aromatic N) is 4. The largest absolute Gasteiger partial charge is 0.381 e. The zero-order valence-electron chi connectivity index (χ0n) is 12.9. The van der Waals surface area contributed by atoms with E-state index in [1.165, 1.54) is 0 Å². The molecule has 21 heavy (non-hydrogen) atoms. The van der Waals surface area contributed by atoms with Gasteiger partial charge in [-0.25, -0.2) is 0 Å². The van der Waals surface area contributed by atoms with Gasteiger partial charge in [-0.05, 0) is 33.6 Å². The van der Waals surface area contributed by atoms with Crippen LogP contribution in [0.15, 0.2) is 0 Å². The first-order chi connectivity index (χ1) is 10.0. The third-order valence-corrected chi connectivity index (χ3v) is 4.60. The van der Waals surface area contributed by atoms with E-state index >= 15 is 0 Å². The second-order valence-electron chi connectivity index (χ2n) is 6.56. The third-order valence-electron chi connectivity index (χ3n) is 3.64. The average molecular weight is 309 g/mol. The van der Waals surface area contributed by atoms with Gasteiger partial charge in [0.15, 0.2) is 5.82 Å². The maximum atomic E-state index is 5.42. The molecule has 0 bridgehead atoms. The smallest absolute Gasteiger partial charge is 0.234 e. The van der Waals surface area contributed by atoms with Gasteiger partial charge in [-0.3, -0.25) is 0 Å². The summed E-state index contributed by atoms with van der Waals surface area (Å²) in [5, 5.41) is 17.9. The van der Waals surface area contributed by atoms with Gasteiger partial charge in [0.05, 0.1) is 0 Å². The van der Waals surface area contributed by atoms with Crippen molar-refractivity contribution in [2.75, 3.05) is 19.8 Å². The van der Waals surface area contributed by atoms with Crippen LogP contribution in [0.25, 0.3) is 4.96 Å². The molecule has 0 radical (unpaired) electrons. The van der Waals surface area contributed by atoms with Crippen molar-refractivity contribution in [1.82, 2.24) is 25.1 Å². The summed E-state index contributed by atoms with van der Waals surface area (Å²) in [6, 6.07) is 0. The highest BCUT2D eigenvalue weighted by Gasteiger charge is 2.23. The van der Waals surface area contributed by atoms with Crippen molar-refractivity contribution < 1.29 is 4.74 Å². The van der Waals surface area contributed by atoms with E-state index < -0.39 is 0 Å². The van der Waals surface area contributed by atoms with Gasteiger partial charge in [-0.1, -0.05) is 11.3 Å². The molecule has 0 aromatic carbocycles. The first-order valence-corrected chi connectivity index (χ1v) is 8.38. The Morgan fingerprint density at radius 2 is 2.05 bits per heavy atom. The summed E-state index contributed by atoms with van der Waals surface area (Å²) in [4.78, 5) is 0.905. The molecule has 1 fully saturated rings. The van der Waals surface area contributed by atoms with E-state index in [0.29, 0.717) is 5.92 Å². The molecular formula is C14H23N5OS. The first kappa shape index (κ1) is 14.9. The van der Waals surface area contributed by atoms with Crippen molar-refractivity contribution in [2.45, 2.75) is 51.5 Å². The Balaban J connectivity index is 1.70. The third kappa shape index (κ3) is 3.59. The van der Waals surface area contributed by atoms with E-state index in [1.807, 2.05) is 4.52 Å². The van der Waals surface area contributed by atoms with E-state index in [2.05, 4.69) is 36.3 Å². The van der Waals surface area contributed by atoms with E-state index in [-0.39, 0.29) is 5.54 Å². The Labute approximate surface area is 128 Å². The molecule has 0 atom stereocenters. The van der Waals surface area contributed by atoms with Crippen LogP contribution < -0.4 is 5.32 Å². The molecule has 2 aromatic heterocycles. The van der Waals surface area contributed by atoms with E-state index in [4.69, 9.17) is 9.84 Å². The van der Waals surface area contributed by atoms with Crippen molar-refractivity contribution >= 4 is 16.3 Å². The molecule has 6 nitrogen and oxygen atoms in total. The summed E-state index contributed by atoms with van der Waals surface area (Å²) in [5.41, 5.74) is 0.145. The summed E-state index contributed by atoms with van der Waals surface area (Å²) >= 11 is 1.64. The minimum absolute atomic E-state index is 0.145. The van der Waals surface area contributed by atoms with Crippen molar-refractivity contribution in [3.05, 3.63) is 10.8 Å². The molecule has 116 valence electrons. The predicted octanol–water partition coefficient (Wildman–Crippen LogP) is 2.01. The van der Waals surface area contributed by atoms with Crippen LogP contribution in [0.1, 0.15) is 50.4 Å². The number of nitrogens with one attached hydrogen (secondary N) is 1. The highest BCUT2D eigenvalue weighted by atomic mass is 32.1. The highest BCUT2D eigenvalue weighted by Crippen LogP contribution is 2.27. The summed E-state index contributed by atoms with van der Waals surface area (Å²) in [7, 11) is 0. The Hall–Kier alpha value is -1.05. The van der Waals surface area contributed by atoms with Gasteiger partial charge in [-0.15, -0.1) is 10.2 Å². The lowest BCUT2D eigenvalue weighted by atomic mass is 10.00. The second-order valence-corrected chi connectivity index (χ2v) is 7.60. The second kappa shape index (κ2) is 5.98. The number of hydrogen-bond acceptors (Lipinski definition) is 6. The number of fused-ring (bicyclic) bond motifs is 1. The SMILES string of the molecule is CC(C)(C)NCCc1nn2c(C3CCOCC3)nnc2s1. The fourth-order valence-electron chi connectivity index (χ4n) is 2.53. The molecule has 0 saturated carbocycles. The minimum atomic E-state index is 0.145. The van der Waals surface area contributed by atoms with Crippen LogP contribution in [0.2, 0.25) is 0 Å². The lowest BCUT2D eigenvalue weighted by Gasteiger charge is -2.20. The molecule has 1 saturated heterocycles. The molecule has 0 amide bonds. The quantitative estimate of drug-likeness (QED) is 0.936. The van der Waals surface area contributed by atoms with Crippen LogP contribution in [0, 0.1) is 0 Å². The molecule has 1 N–H and O–H groups in total. The summed E-state index contributed by atoms with van der Waals surface area (Å²) in [5.74, 6) is 1.43. The molecule has 0 spiro atoms. The number of ether oxygens (including phenoxy) is 1. The first-order valence-electron chi connectivity index (χ1n) is 7.57. The lowest BCUT2D eigenvalue weighted by molar-refractivity contribution is 0.0831. The van der Waals surface area contributed by atoms with Crippen LogP contribution in [-0.4, -0.2) is 45.1 Å². The molecular weight excluding hydrogens is 286 g/mol. The van der Waals surface area contributed by atoms with E-state index in [9.17, 15) is 0 Å². The number of rotatable bonds is 4. The van der Waals surface area contributed by atoms with Crippen molar-refractivity contribution in [2.24, 2.45) is 0 Å². The summed E-state index contributed by atoms with van der Waals surface area (Å²) in [6.07, 6.45) is 2.96. The van der Waals surface area contributed by atoms with Crippen molar-refractivity contribution in [3.8, 4) is 0 Å². The molecule has 1 aliphatic rings. The van der Waals surface area contributed by atoms with E-state index in [1.54, 1.807) is 11.3 Å². The Morgan fingerprint density at radius 1 is 1.29 bits per heavy atom. The van der Waals surface area contributed by atoms with Crippen LogP contribution in [0.3, 0.4) is 0 Å². The van der Waals surface area contributed by atoms with Crippen LogP contribution in [0.5, 0.6) is 0 Å². The Morgan fingerprint density at radius 3 is 2.76 bits per heavy atom. The standard InChI is InChI=1S/C14H23N5OS/c1-14(2,3)15-7-4-11-18-19-12(16-17-13(19)21-11)10-5-8-20-9-6-10/h10,15H,4-9H2,1-3H3. The summed E-state index contributed by atoms with van der Waals surface area (Å²) in [6.45, 7) is 9.08. The van der Waals surface area contributed by atoms with Gasteiger partial charge in [0.25, 0.3) is 0 Å². The van der Waals surface area contributed by atoms with Crippen LogP contribution in [-0.2, 0) is 11.2 Å². The maximum absolute atomic E-state index is 5.42. The Kier molecular flexibility index (Phi) is 4.24. The number of hydrogen-bond donors (Lipinski definition) is 1. The monoisotopic (exact) mass is 309 g/mol. The van der Waals surface area contributed by atoms with Gasteiger partial charge in [0, 0.05) is 37.6 Å².